The summed E-state index contributed by atoms with van der Waals surface area (Å²) in [5.74, 6) is -0.787. The molecule has 0 saturated heterocycles. The van der Waals surface area contributed by atoms with E-state index >= 15 is 0 Å². The summed E-state index contributed by atoms with van der Waals surface area (Å²) in [5, 5.41) is 3.36. The van der Waals surface area contributed by atoms with Gasteiger partial charge in [0.15, 0.2) is 6.61 Å². The molecule has 132 valence electrons. The number of amides is 1. The van der Waals surface area contributed by atoms with Gasteiger partial charge in [-0.05, 0) is 49.1 Å². The molecule has 0 bridgehead atoms. The second-order valence-corrected chi connectivity index (χ2v) is 6.47. The van der Waals surface area contributed by atoms with E-state index in [1.807, 2.05) is 57.2 Å². The molecule has 0 saturated carbocycles. The van der Waals surface area contributed by atoms with Crippen LogP contribution in [0.15, 0.2) is 42.5 Å². The van der Waals surface area contributed by atoms with Crippen molar-refractivity contribution in [2.75, 3.05) is 6.61 Å². The molecular formula is C20H22ClNO3. The summed E-state index contributed by atoms with van der Waals surface area (Å²) in [6, 6.07) is 12.8. The molecule has 25 heavy (non-hydrogen) atoms. The highest BCUT2D eigenvalue weighted by atomic mass is 35.5. The molecule has 0 heterocycles. The summed E-state index contributed by atoms with van der Waals surface area (Å²) in [5.41, 5.74) is 3.98. The van der Waals surface area contributed by atoms with Gasteiger partial charge < -0.3 is 10.1 Å². The Morgan fingerprint density at radius 3 is 2.52 bits per heavy atom. The van der Waals surface area contributed by atoms with E-state index in [0.29, 0.717) is 5.02 Å². The molecule has 0 aliphatic carbocycles. The number of rotatable bonds is 6. The molecule has 1 N–H and O–H groups in total. The minimum atomic E-state index is -0.427. The molecule has 5 heteroatoms. The zero-order chi connectivity index (χ0) is 18.4. The van der Waals surface area contributed by atoms with Crippen LogP contribution in [0.3, 0.4) is 0 Å². The lowest BCUT2D eigenvalue weighted by Crippen LogP contribution is -2.31. The molecule has 0 aliphatic heterocycles. The first kappa shape index (κ1) is 19.0. The van der Waals surface area contributed by atoms with Crippen molar-refractivity contribution >= 4 is 23.5 Å². The van der Waals surface area contributed by atoms with Gasteiger partial charge in [0.2, 0.25) is 0 Å². The smallest absolute Gasteiger partial charge is 0.310 e. The number of benzene rings is 2. The number of carbonyl (C=O) groups excluding carboxylic acids is 2. The number of ether oxygens (including phenoxy) is 1. The lowest BCUT2D eigenvalue weighted by atomic mass is 10.0. The minimum Gasteiger partial charge on any atom is -0.455 e. The van der Waals surface area contributed by atoms with Gasteiger partial charge in [-0.2, -0.15) is 0 Å². The fraction of sp³-hybridized carbons (Fsp3) is 0.300. The summed E-state index contributed by atoms with van der Waals surface area (Å²) >= 11 is 6.11. The van der Waals surface area contributed by atoms with Crippen molar-refractivity contribution in [2.45, 2.75) is 33.2 Å². The van der Waals surface area contributed by atoms with Gasteiger partial charge in [-0.1, -0.05) is 48.0 Å². The van der Waals surface area contributed by atoms with Crippen LogP contribution in [0.2, 0.25) is 5.02 Å². The zero-order valence-electron chi connectivity index (χ0n) is 14.6. The second kappa shape index (κ2) is 8.67. The highest BCUT2D eigenvalue weighted by Gasteiger charge is 2.14. The van der Waals surface area contributed by atoms with E-state index in [2.05, 4.69) is 5.32 Å². The summed E-state index contributed by atoms with van der Waals surface area (Å²) in [7, 11) is 0. The molecule has 1 atom stereocenters. The van der Waals surface area contributed by atoms with Crippen LogP contribution in [0, 0.1) is 13.8 Å². The molecule has 0 spiro atoms. The predicted molar refractivity (Wildman–Crippen MR) is 98.6 cm³/mol. The van der Waals surface area contributed by atoms with Gasteiger partial charge >= 0.3 is 5.97 Å². The Hall–Kier alpha value is -2.33. The maximum Gasteiger partial charge on any atom is 0.310 e. The summed E-state index contributed by atoms with van der Waals surface area (Å²) < 4.78 is 5.06. The molecule has 0 fully saturated rings. The van der Waals surface area contributed by atoms with Gasteiger partial charge in [-0.15, -0.1) is 0 Å². The third kappa shape index (κ3) is 5.61. The Labute approximate surface area is 153 Å². The van der Waals surface area contributed by atoms with Gasteiger partial charge in [0.25, 0.3) is 5.91 Å². The van der Waals surface area contributed by atoms with Gasteiger partial charge in [0.1, 0.15) is 0 Å². The first-order valence-corrected chi connectivity index (χ1v) is 8.50. The number of esters is 1. The van der Waals surface area contributed by atoms with Crippen molar-refractivity contribution in [2.24, 2.45) is 0 Å². The molecule has 4 nitrogen and oxygen atoms in total. The molecule has 0 aromatic heterocycles. The number of hydrogen-bond donors (Lipinski definition) is 1. The SMILES string of the molecule is Cc1ccc(CC(=O)OCC(=O)N[C@@H](C)c2ccccc2Cl)cc1C. The van der Waals surface area contributed by atoms with Gasteiger partial charge in [0, 0.05) is 5.02 Å². The highest BCUT2D eigenvalue weighted by Crippen LogP contribution is 2.21. The van der Waals surface area contributed by atoms with Crippen molar-refractivity contribution in [3.63, 3.8) is 0 Å². The van der Waals surface area contributed by atoms with E-state index < -0.39 is 5.97 Å². The maximum absolute atomic E-state index is 12.0. The Bertz CT molecular complexity index is 773. The Morgan fingerprint density at radius 1 is 1.12 bits per heavy atom. The van der Waals surface area contributed by atoms with Crippen molar-refractivity contribution in [1.29, 1.82) is 0 Å². The lowest BCUT2D eigenvalue weighted by molar-refractivity contribution is -0.148. The number of nitrogens with one attached hydrogen (secondary N) is 1. The average Bonchev–Trinajstić information content (AvgIpc) is 2.56. The third-order valence-corrected chi connectivity index (χ3v) is 4.38. The fourth-order valence-corrected chi connectivity index (χ4v) is 2.76. The fourth-order valence-electron chi connectivity index (χ4n) is 2.46. The molecular weight excluding hydrogens is 338 g/mol. The normalized spacial score (nSPS) is 11.7. The first-order chi connectivity index (χ1) is 11.9. The standard InChI is InChI=1S/C20H22ClNO3/c1-13-8-9-16(10-14(13)2)11-20(24)25-12-19(23)22-15(3)17-6-4-5-7-18(17)21/h4-10,15H,11-12H2,1-3H3,(H,22,23)/t15-/m0/s1. The van der Waals surface area contributed by atoms with Crippen molar-refractivity contribution in [1.82, 2.24) is 5.32 Å². The van der Waals surface area contributed by atoms with Crippen LogP contribution in [-0.4, -0.2) is 18.5 Å². The van der Waals surface area contributed by atoms with E-state index in [9.17, 15) is 9.59 Å². The summed E-state index contributed by atoms with van der Waals surface area (Å²) in [6.45, 7) is 5.53. The van der Waals surface area contributed by atoms with Crippen LogP contribution in [-0.2, 0) is 20.7 Å². The molecule has 2 rings (SSSR count). The number of hydrogen-bond acceptors (Lipinski definition) is 3. The predicted octanol–water partition coefficient (Wildman–Crippen LogP) is 3.92. The number of halogens is 1. The largest absolute Gasteiger partial charge is 0.455 e. The summed E-state index contributed by atoms with van der Waals surface area (Å²) in [4.78, 5) is 23.9. The van der Waals surface area contributed by atoms with Crippen LogP contribution < -0.4 is 5.32 Å². The van der Waals surface area contributed by atoms with Gasteiger partial charge in [-0.3, -0.25) is 9.59 Å². The van der Waals surface area contributed by atoms with E-state index in [-0.39, 0.29) is 25.0 Å². The number of carbonyl (C=O) groups is 2. The third-order valence-electron chi connectivity index (χ3n) is 4.03. The Morgan fingerprint density at radius 2 is 1.84 bits per heavy atom. The van der Waals surface area contributed by atoms with E-state index in [4.69, 9.17) is 16.3 Å². The van der Waals surface area contributed by atoms with E-state index in [1.54, 1.807) is 6.07 Å². The Balaban J connectivity index is 1.82. The monoisotopic (exact) mass is 359 g/mol. The molecule has 1 amide bonds. The Kier molecular flexibility index (Phi) is 6.59. The molecule has 2 aromatic carbocycles. The quantitative estimate of drug-likeness (QED) is 0.795. The molecule has 0 unspecified atom stereocenters. The van der Waals surface area contributed by atoms with E-state index in [1.165, 1.54) is 5.56 Å². The van der Waals surface area contributed by atoms with Crippen LogP contribution in [0.25, 0.3) is 0 Å². The maximum atomic E-state index is 12.0. The van der Waals surface area contributed by atoms with Crippen LogP contribution in [0.1, 0.15) is 35.2 Å². The van der Waals surface area contributed by atoms with Crippen molar-refractivity contribution in [3.05, 3.63) is 69.7 Å². The van der Waals surface area contributed by atoms with Gasteiger partial charge in [0.05, 0.1) is 12.5 Å². The van der Waals surface area contributed by atoms with Gasteiger partial charge in [-0.25, -0.2) is 0 Å². The molecule has 2 aromatic rings. The zero-order valence-corrected chi connectivity index (χ0v) is 15.4. The van der Waals surface area contributed by atoms with Crippen LogP contribution >= 0.6 is 11.6 Å². The summed E-state index contributed by atoms with van der Waals surface area (Å²) in [6.07, 6.45) is 0.147. The molecule has 0 radical (unpaired) electrons. The average molecular weight is 360 g/mol. The minimum absolute atomic E-state index is 0.147. The first-order valence-electron chi connectivity index (χ1n) is 8.12. The highest BCUT2D eigenvalue weighted by molar-refractivity contribution is 6.31. The molecule has 0 aliphatic rings. The number of aryl methyl sites for hydroxylation is 2. The van der Waals surface area contributed by atoms with Crippen LogP contribution in [0.4, 0.5) is 0 Å². The van der Waals surface area contributed by atoms with Crippen molar-refractivity contribution < 1.29 is 14.3 Å². The topological polar surface area (TPSA) is 55.4 Å². The van der Waals surface area contributed by atoms with E-state index in [0.717, 1.165) is 16.7 Å². The van der Waals surface area contributed by atoms with Crippen molar-refractivity contribution in [3.8, 4) is 0 Å². The second-order valence-electron chi connectivity index (χ2n) is 6.07. The lowest BCUT2D eigenvalue weighted by Gasteiger charge is -2.15. The van der Waals surface area contributed by atoms with Crippen LogP contribution in [0.5, 0.6) is 0 Å².